The van der Waals surface area contributed by atoms with E-state index < -0.39 is 6.10 Å². The van der Waals surface area contributed by atoms with Gasteiger partial charge in [0, 0.05) is 19.3 Å². The van der Waals surface area contributed by atoms with Crippen molar-refractivity contribution in [1.29, 1.82) is 0 Å². The van der Waals surface area contributed by atoms with Crippen LogP contribution < -0.4 is 0 Å². The molecule has 0 aromatic rings. The van der Waals surface area contributed by atoms with E-state index in [2.05, 4.69) is 81.5 Å². The number of carbonyl (C=O) groups is 3. The lowest BCUT2D eigenvalue weighted by Gasteiger charge is -2.18. The van der Waals surface area contributed by atoms with Crippen molar-refractivity contribution >= 4 is 17.9 Å². The molecular weight excluding hydrogens is 937 g/mol. The molecule has 76 heavy (non-hydrogen) atoms. The zero-order valence-corrected chi connectivity index (χ0v) is 50.8. The van der Waals surface area contributed by atoms with Gasteiger partial charge in [0.2, 0.25) is 0 Å². The molecule has 6 heteroatoms. The molecule has 0 aliphatic rings. The Kier molecular flexibility index (Phi) is 62.2. The van der Waals surface area contributed by atoms with Crippen LogP contribution in [-0.2, 0) is 28.6 Å². The second-order valence-electron chi connectivity index (χ2n) is 22.4. The molecule has 0 aliphatic heterocycles. The van der Waals surface area contributed by atoms with Crippen LogP contribution in [0.4, 0.5) is 0 Å². The maximum atomic E-state index is 12.8. The molecule has 442 valence electrons. The molecule has 0 radical (unpaired) electrons. The average molecular weight is 1060 g/mol. The van der Waals surface area contributed by atoms with Gasteiger partial charge in [0.25, 0.3) is 0 Å². The Morgan fingerprint density at radius 3 is 0.803 bits per heavy atom. The fourth-order valence-corrected chi connectivity index (χ4v) is 9.83. The van der Waals surface area contributed by atoms with Gasteiger partial charge < -0.3 is 14.2 Å². The van der Waals surface area contributed by atoms with Gasteiger partial charge >= 0.3 is 17.9 Å². The molecule has 0 saturated carbocycles. The van der Waals surface area contributed by atoms with Crippen LogP contribution in [-0.4, -0.2) is 37.2 Å². The third-order valence-electron chi connectivity index (χ3n) is 14.8. The summed E-state index contributed by atoms with van der Waals surface area (Å²) in [6.07, 6.45) is 82.8. The van der Waals surface area contributed by atoms with Crippen LogP contribution in [0.2, 0.25) is 0 Å². The van der Waals surface area contributed by atoms with Crippen LogP contribution in [0.3, 0.4) is 0 Å². The van der Waals surface area contributed by atoms with Gasteiger partial charge in [-0.3, -0.25) is 14.4 Å². The lowest BCUT2D eigenvalue weighted by Crippen LogP contribution is -2.30. The number of hydrogen-bond acceptors (Lipinski definition) is 6. The van der Waals surface area contributed by atoms with E-state index >= 15 is 0 Å². The molecule has 0 aliphatic carbocycles. The maximum absolute atomic E-state index is 12.8. The lowest BCUT2D eigenvalue weighted by atomic mass is 10.0. The number of ether oxygens (including phenoxy) is 3. The van der Waals surface area contributed by atoms with Gasteiger partial charge in [-0.05, 0) is 64.2 Å². The number of allylic oxidation sites excluding steroid dienone is 10. The maximum Gasteiger partial charge on any atom is 0.306 e. The summed E-state index contributed by atoms with van der Waals surface area (Å²) in [6, 6.07) is 0. The fraction of sp³-hybridized carbons (Fsp3) is 0.814. The summed E-state index contributed by atoms with van der Waals surface area (Å²) in [7, 11) is 0. The second kappa shape index (κ2) is 64.6. The summed E-state index contributed by atoms with van der Waals surface area (Å²) in [6.45, 7) is 6.53. The highest BCUT2D eigenvalue weighted by molar-refractivity contribution is 5.71. The number of hydrogen-bond donors (Lipinski definition) is 0. The molecule has 1 atom stereocenters. The van der Waals surface area contributed by atoms with Crippen molar-refractivity contribution in [3.8, 4) is 0 Å². The summed E-state index contributed by atoms with van der Waals surface area (Å²) in [5.41, 5.74) is 0. The monoisotopic (exact) mass is 1060 g/mol. The van der Waals surface area contributed by atoms with Crippen LogP contribution in [0.1, 0.15) is 348 Å². The predicted molar refractivity (Wildman–Crippen MR) is 330 cm³/mol. The molecule has 0 aromatic heterocycles. The molecule has 0 aromatic carbocycles. The van der Waals surface area contributed by atoms with E-state index in [1.54, 1.807) is 0 Å². The Labute approximate surface area is 472 Å². The number of unbranched alkanes of at least 4 members (excludes halogenated alkanes) is 40. The van der Waals surface area contributed by atoms with Gasteiger partial charge in [0.15, 0.2) is 6.10 Å². The Hall–Kier alpha value is -2.89. The quantitative estimate of drug-likeness (QED) is 0.0261. The molecule has 0 fully saturated rings. The largest absolute Gasteiger partial charge is 0.462 e. The first kappa shape index (κ1) is 73.1. The third kappa shape index (κ3) is 62.0. The number of rotatable bonds is 61. The van der Waals surface area contributed by atoms with Gasteiger partial charge in [-0.25, -0.2) is 0 Å². The van der Waals surface area contributed by atoms with Crippen LogP contribution in [0.15, 0.2) is 60.8 Å². The minimum absolute atomic E-state index is 0.0669. The van der Waals surface area contributed by atoms with Crippen LogP contribution in [0.25, 0.3) is 0 Å². The number of esters is 3. The van der Waals surface area contributed by atoms with Crippen LogP contribution in [0.5, 0.6) is 0 Å². The molecule has 0 N–H and O–H groups in total. The van der Waals surface area contributed by atoms with E-state index in [4.69, 9.17) is 14.2 Å². The first-order valence-electron chi connectivity index (χ1n) is 33.3. The molecule has 0 spiro atoms. The first-order chi connectivity index (χ1) is 37.5. The van der Waals surface area contributed by atoms with Crippen molar-refractivity contribution in [1.82, 2.24) is 0 Å². The fourth-order valence-electron chi connectivity index (χ4n) is 9.83. The first-order valence-corrected chi connectivity index (χ1v) is 33.3. The topological polar surface area (TPSA) is 78.9 Å². The highest BCUT2D eigenvalue weighted by Crippen LogP contribution is 2.18. The number of carbonyl (C=O) groups excluding carboxylic acids is 3. The minimum atomic E-state index is -0.766. The summed E-state index contributed by atoms with van der Waals surface area (Å²) in [5, 5.41) is 0. The molecule has 6 nitrogen and oxygen atoms in total. The van der Waals surface area contributed by atoms with Crippen molar-refractivity contribution in [2.24, 2.45) is 0 Å². The summed E-state index contributed by atoms with van der Waals surface area (Å²) >= 11 is 0. The van der Waals surface area contributed by atoms with E-state index in [-0.39, 0.29) is 31.1 Å². The van der Waals surface area contributed by atoms with E-state index in [1.165, 1.54) is 218 Å². The summed E-state index contributed by atoms with van der Waals surface area (Å²) in [5.74, 6) is -0.852. The molecule has 0 bridgehead atoms. The highest BCUT2D eigenvalue weighted by Gasteiger charge is 2.19. The van der Waals surface area contributed by atoms with E-state index in [1.807, 2.05) is 0 Å². The van der Waals surface area contributed by atoms with Crippen molar-refractivity contribution in [3.63, 3.8) is 0 Å². The predicted octanol–water partition coefficient (Wildman–Crippen LogP) is 22.7. The van der Waals surface area contributed by atoms with Gasteiger partial charge in [-0.2, -0.15) is 0 Å². The molecule has 0 heterocycles. The third-order valence-corrected chi connectivity index (χ3v) is 14.8. The molecular formula is C70H126O6. The molecule has 0 saturated heterocycles. The van der Waals surface area contributed by atoms with Crippen molar-refractivity contribution in [3.05, 3.63) is 60.8 Å². The second-order valence-corrected chi connectivity index (χ2v) is 22.4. The summed E-state index contributed by atoms with van der Waals surface area (Å²) < 4.78 is 16.8. The lowest BCUT2D eigenvalue weighted by molar-refractivity contribution is -0.167. The Morgan fingerprint density at radius 1 is 0.276 bits per heavy atom. The Balaban J connectivity index is 3.95. The SMILES string of the molecule is CC/C=C\C/C=C\C/C=C\C/C=C\C/C=C\CCCCCCCCCCCCCCCCCCCCCC(=O)OCC(COC(=O)CCCCCCCCC)OC(=O)CCCCCCCCCCCCCCCCCC. The highest BCUT2D eigenvalue weighted by atomic mass is 16.6. The molecule has 0 rings (SSSR count). The van der Waals surface area contributed by atoms with Crippen LogP contribution >= 0.6 is 0 Å². The molecule has 1 unspecified atom stereocenters. The van der Waals surface area contributed by atoms with Crippen molar-refractivity contribution in [2.45, 2.75) is 354 Å². The molecule has 0 amide bonds. The van der Waals surface area contributed by atoms with Crippen LogP contribution in [0, 0.1) is 0 Å². The normalized spacial score (nSPS) is 12.4. The average Bonchev–Trinajstić information content (AvgIpc) is 3.42. The van der Waals surface area contributed by atoms with E-state index in [0.29, 0.717) is 19.3 Å². The van der Waals surface area contributed by atoms with E-state index in [0.717, 1.165) is 89.9 Å². The van der Waals surface area contributed by atoms with Gasteiger partial charge in [0.1, 0.15) is 13.2 Å². The van der Waals surface area contributed by atoms with Gasteiger partial charge in [-0.1, -0.05) is 326 Å². The Morgan fingerprint density at radius 2 is 0.513 bits per heavy atom. The standard InChI is InChI=1S/C70H126O6/c1-4-7-10-13-16-18-20-22-24-26-27-28-29-30-31-32-33-34-35-36-37-38-39-40-41-42-43-44-46-47-49-51-54-57-60-63-69(72)75-66-67(65-74-68(71)62-59-56-53-15-12-9-6-3)76-70(73)64-61-58-55-52-50-48-45-25-23-21-19-17-14-11-8-5-2/h7,10,16,18,22,24,27-28,30-31,67H,4-6,8-9,11-15,17,19-21,23,25-26,29,32-66H2,1-3H3/b10-7-,18-16-,24-22-,28-27-,31-30-. The smallest absolute Gasteiger partial charge is 0.306 e. The van der Waals surface area contributed by atoms with Crippen molar-refractivity contribution in [2.75, 3.05) is 13.2 Å². The zero-order chi connectivity index (χ0) is 55.0. The Bertz CT molecular complexity index is 1360. The zero-order valence-electron chi connectivity index (χ0n) is 50.8. The summed E-state index contributed by atoms with van der Waals surface area (Å²) in [4.78, 5) is 38.0. The van der Waals surface area contributed by atoms with Crippen molar-refractivity contribution < 1.29 is 28.6 Å². The van der Waals surface area contributed by atoms with Gasteiger partial charge in [0.05, 0.1) is 0 Å². The van der Waals surface area contributed by atoms with Gasteiger partial charge in [-0.15, -0.1) is 0 Å². The minimum Gasteiger partial charge on any atom is -0.462 e. The van der Waals surface area contributed by atoms with E-state index in [9.17, 15) is 14.4 Å².